The van der Waals surface area contributed by atoms with Crippen molar-refractivity contribution in [1.29, 1.82) is 0 Å². The molecule has 1 N–H and O–H groups in total. The Hall–Kier alpha value is -2.78. The minimum atomic E-state index is -0.656. The molecule has 0 amide bonds. The Kier molecular flexibility index (Phi) is 10.2. The van der Waals surface area contributed by atoms with Gasteiger partial charge in [0.25, 0.3) is 0 Å². The first-order chi connectivity index (χ1) is 16.9. The number of aliphatic hydroxyl groups excluding tert-OH is 1. The predicted octanol–water partition coefficient (Wildman–Crippen LogP) is 4.60. The third-order valence-corrected chi connectivity index (χ3v) is 5.45. The number of benzene rings is 2. The van der Waals surface area contributed by atoms with E-state index in [9.17, 15) is 9.50 Å². The van der Waals surface area contributed by atoms with E-state index in [1.807, 2.05) is 51.1 Å². The lowest BCUT2D eigenvalue weighted by Crippen LogP contribution is -2.37. The fourth-order valence-corrected chi connectivity index (χ4v) is 3.75. The molecule has 0 spiro atoms. The number of aryl methyl sites for hydroxylation is 1. The van der Waals surface area contributed by atoms with Gasteiger partial charge in [0, 0.05) is 32.8 Å². The van der Waals surface area contributed by atoms with Gasteiger partial charge in [0.1, 0.15) is 11.6 Å². The van der Waals surface area contributed by atoms with Gasteiger partial charge >= 0.3 is 0 Å². The van der Waals surface area contributed by atoms with Crippen molar-refractivity contribution in [2.24, 2.45) is 0 Å². The van der Waals surface area contributed by atoms with E-state index in [1.165, 1.54) is 12.1 Å². The topological polar surface area (TPSA) is 69.0 Å². The van der Waals surface area contributed by atoms with Crippen molar-refractivity contribution in [2.45, 2.75) is 45.9 Å². The summed E-state index contributed by atoms with van der Waals surface area (Å²) in [4.78, 5) is 2.10. The highest BCUT2D eigenvalue weighted by atomic mass is 19.1. The van der Waals surface area contributed by atoms with Crippen LogP contribution in [0, 0.1) is 5.82 Å². The van der Waals surface area contributed by atoms with Crippen LogP contribution in [0.25, 0.3) is 5.69 Å². The molecule has 8 heteroatoms. The molecule has 0 saturated carbocycles. The van der Waals surface area contributed by atoms with Crippen LogP contribution in [0.15, 0.2) is 54.6 Å². The van der Waals surface area contributed by atoms with Crippen LogP contribution in [0.5, 0.6) is 11.6 Å². The van der Waals surface area contributed by atoms with Gasteiger partial charge in [-0.05, 0) is 44.5 Å². The van der Waals surface area contributed by atoms with Crippen LogP contribution in [-0.2, 0) is 22.4 Å². The monoisotopic (exact) mass is 485 g/mol. The van der Waals surface area contributed by atoms with Gasteiger partial charge in [-0.2, -0.15) is 5.10 Å². The van der Waals surface area contributed by atoms with Crippen molar-refractivity contribution >= 4 is 0 Å². The summed E-state index contributed by atoms with van der Waals surface area (Å²) >= 11 is 0. The van der Waals surface area contributed by atoms with Crippen LogP contribution in [-0.4, -0.2) is 65.4 Å². The van der Waals surface area contributed by atoms with Gasteiger partial charge in [-0.25, -0.2) is 9.07 Å². The van der Waals surface area contributed by atoms with Gasteiger partial charge < -0.3 is 19.3 Å². The fraction of sp³-hybridized carbons (Fsp3) is 0.444. The average Bonchev–Trinajstić information content (AvgIpc) is 3.18. The fourth-order valence-electron chi connectivity index (χ4n) is 3.75. The molecule has 2 aromatic carbocycles. The second-order valence-electron chi connectivity index (χ2n) is 8.65. The van der Waals surface area contributed by atoms with E-state index < -0.39 is 6.10 Å². The molecule has 3 rings (SSSR count). The standard InChI is InChI=1S/C27H36FN3O4/c1-5-26-25(18-30(14-15-33-4)17-23(32)19-34-20(2)3)27(35-24-13-9-10-21(28)16-24)31(29-26)22-11-7-6-8-12-22/h6-13,16,20,23,32H,5,14-15,17-19H2,1-4H3/t23-/m1/s1. The first-order valence-corrected chi connectivity index (χ1v) is 12.0. The van der Waals surface area contributed by atoms with E-state index in [1.54, 1.807) is 23.9 Å². The van der Waals surface area contributed by atoms with Crippen molar-refractivity contribution in [3.8, 4) is 17.3 Å². The number of methoxy groups -OCH3 is 1. The van der Waals surface area contributed by atoms with Crippen LogP contribution in [0.2, 0.25) is 0 Å². The number of aliphatic hydroxyl groups is 1. The van der Waals surface area contributed by atoms with Crippen molar-refractivity contribution in [1.82, 2.24) is 14.7 Å². The summed E-state index contributed by atoms with van der Waals surface area (Å²) in [6, 6.07) is 15.8. The zero-order valence-electron chi connectivity index (χ0n) is 21.0. The summed E-state index contributed by atoms with van der Waals surface area (Å²) in [6.07, 6.45) is 0.0708. The number of hydrogen-bond donors (Lipinski definition) is 1. The van der Waals surface area contributed by atoms with E-state index in [4.69, 9.17) is 19.3 Å². The summed E-state index contributed by atoms with van der Waals surface area (Å²) in [6.45, 7) is 8.15. The number of aromatic nitrogens is 2. The zero-order valence-corrected chi connectivity index (χ0v) is 21.0. The predicted molar refractivity (Wildman–Crippen MR) is 134 cm³/mol. The maximum absolute atomic E-state index is 13.9. The molecular formula is C27H36FN3O4. The van der Waals surface area contributed by atoms with E-state index in [0.29, 0.717) is 44.3 Å². The minimum Gasteiger partial charge on any atom is -0.438 e. The molecule has 0 unspecified atom stereocenters. The average molecular weight is 486 g/mol. The number of para-hydroxylation sites is 1. The van der Waals surface area contributed by atoms with Gasteiger partial charge in [-0.3, -0.25) is 4.90 Å². The molecule has 0 aliphatic rings. The molecule has 0 aliphatic carbocycles. The van der Waals surface area contributed by atoms with Gasteiger partial charge in [-0.1, -0.05) is 31.2 Å². The Morgan fingerprint density at radius 3 is 2.54 bits per heavy atom. The largest absolute Gasteiger partial charge is 0.438 e. The molecule has 1 heterocycles. The minimum absolute atomic E-state index is 0.0409. The molecular weight excluding hydrogens is 449 g/mol. The number of rotatable bonds is 14. The first-order valence-electron chi connectivity index (χ1n) is 12.0. The first kappa shape index (κ1) is 26.8. The number of hydrogen-bond acceptors (Lipinski definition) is 6. The Morgan fingerprint density at radius 1 is 1.11 bits per heavy atom. The summed E-state index contributed by atoms with van der Waals surface area (Å²) in [5.74, 6) is 0.536. The van der Waals surface area contributed by atoms with Crippen LogP contribution >= 0.6 is 0 Å². The summed E-state index contributed by atoms with van der Waals surface area (Å²) in [7, 11) is 1.65. The Bertz CT molecular complexity index is 1040. The Labute approximate surface area is 207 Å². The zero-order chi connectivity index (χ0) is 25.2. The van der Waals surface area contributed by atoms with Crippen molar-refractivity contribution < 1.29 is 23.7 Å². The van der Waals surface area contributed by atoms with Crippen molar-refractivity contribution in [2.75, 3.05) is 33.4 Å². The van der Waals surface area contributed by atoms with E-state index in [-0.39, 0.29) is 18.5 Å². The maximum atomic E-state index is 13.9. The third kappa shape index (κ3) is 7.86. The number of halogens is 1. The molecule has 1 atom stereocenters. The highest BCUT2D eigenvalue weighted by molar-refractivity contribution is 5.43. The molecule has 0 radical (unpaired) electrons. The third-order valence-electron chi connectivity index (χ3n) is 5.45. The molecule has 0 saturated heterocycles. The highest BCUT2D eigenvalue weighted by Gasteiger charge is 2.24. The van der Waals surface area contributed by atoms with E-state index >= 15 is 0 Å². The molecule has 35 heavy (non-hydrogen) atoms. The molecule has 0 bridgehead atoms. The summed E-state index contributed by atoms with van der Waals surface area (Å²) in [5, 5.41) is 15.4. The normalized spacial score (nSPS) is 12.5. The molecule has 1 aromatic heterocycles. The van der Waals surface area contributed by atoms with E-state index in [2.05, 4.69) is 4.90 Å². The lowest BCUT2D eigenvalue weighted by atomic mass is 10.1. The van der Waals surface area contributed by atoms with Crippen molar-refractivity contribution in [3.63, 3.8) is 0 Å². The number of ether oxygens (including phenoxy) is 3. The molecule has 3 aromatic rings. The van der Waals surface area contributed by atoms with Gasteiger partial charge in [0.05, 0.1) is 42.4 Å². The highest BCUT2D eigenvalue weighted by Crippen LogP contribution is 2.32. The Balaban J connectivity index is 1.97. The van der Waals surface area contributed by atoms with Gasteiger partial charge in [-0.15, -0.1) is 0 Å². The molecule has 0 aliphatic heterocycles. The maximum Gasteiger partial charge on any atom is 0.227 e. The number of nitrogens with zero attached hydrogens (tertiary/aromatic N) is 3. The van der Waals surface area contributed by atoms with Crippen LogP contribution in [0.3, 0.4) is 0 Å². The molecule has 7 nitrogen and oxygen atoms in total. The van der Waals surface area contributed by atoms with Crippen LogP contribution < -0.4 is 4.74 Å². The van der Waals surface area contributed by atoms with E-state index in [0.717, 1.165) is 16.9 Å². The second kappa shape index (κ2) is 13.3. The molecule has 190 valence electrons. The summed E-state index contributed by atoms with van der Waals surface area (Å²) in [5.41, 5.74) is 2.60. The van der Waals surface area contributed by atoms with Crippen molar-refractivity contribution in [3.05, 3.63) is 71.7 Å². The smallest absolute Gasteiger partial charge is 0.227 e. The lowest BCUT2D eigenvalue weighted by molar-refractivity contribution is -0.0122. The Morgan fingerprint density at radius 2 is 1.89 bits per heavy atom. The SMILES string of the molecule is CCc1nn(-c2ccccc2)c(Oc2cccc(F)c2)c1CN(CCOC)C[C@@H](O)COC(C)C. The second-order valence-corrected chi connectivity index (χ2v) is 8.65. The van der Waals surface area contributed by atoms with Gasteiger partial charge in [0.2, 0.25) is 5.88 Å². The molecule has 0 fully saturated rings. The van der Waals surface area contributed by atoms with Crippen LogP contribution in [0.4, 0.5) is 4.39 Å². The van der Waals surface area contributed by atoms with Gasteiger partial charge in [0.15, 0.2) is 0 Å². The summed E-state index contributed by atoms with van der Waals surface area (Å²) < 4.78 is 32.8. The quantitative estimate of drug-likeness (QED) is 0.360. The lowest BCUT2D eigenvalue weighted by Gasteiger charge is -2.25. The van der Waals surface area contributed by atoms with Crippen LogP contribution in [0.1, 0.15) is 32.0 Å².